The van der Waals surface area contributed by atoms with Gasteiger partial charge in [-0.05, 0) is 50.5 Å². The van der Waals surface area contributed by atoms with E-state index in [4.69, 9.17) is 4.74 Å². The van der Waals surface area contributed by atoms with Gasteiger partial charge in [-0.2, -0.15) is 0 Å². The number of amides is 2. The molecule has 3 unspecified atom stereocenters. The minimum absolute atomic E-state index is 0.00372. The Balaban J connectivity index is 1.46. The monoisotopic (exact) mass is 358 g/mol. The van der Waals surface area contributed by atoms with Crippen LogP contribution in [0.25, 0.3) is 0 Å². The van der Waals surface area contributed by atoms with Crippen molar-refractivity contribution in [2.75, 3.05) is 19.7 Å². The van der Waals surface area contributed by atoms with Crippen molar-refractivity contribution >= 4 is 11.8 Å². The summed E-state index contributed by atoms with van der Waals surface area (Å²) in [5.74, 6) is 0.676. The lowest BCUT2D eigenvalue weighted by Crippen LogP contribution is -2.46. The molecule has 0 bridgehead atoms. The maximum Gasteiger partial charge on any atom is 0.242 e. The molecule has 2 saturated heterocycles. The molecular weight excluding hydrogens is 328 g/mol. The van der Waals surface area contributed by atoms with E-state index in [-0.39, 0.29) is 17.9 Å². The van der Waals surface area contributed by atoms with Crippen LogP contribution in [0.3, 0.4) is 0 Å². The summed E-state index contributed by atoms with van der Waals surface area (Å²) in [5, 5.41) is 3.06. The second-order valence-corrected chi connectivity index (χ2v) is 7.56. The lowest BCUT2D eigenvalue weighted by Gasteiger charge is -2.28. The van der Waals surface area contributed by atoms with Crippen molar-refractivity contribution in [3.63, 3.8) is 0 Å². The summed E-state index contributed by atoms with van der Waals surface area (Å²) in [6, 6.07) is 9.43. The van der Waals surface area contributed by atoms with Gasteiger partial charge in [-0.15, -0.1) is 0 Å². The van der Waals surface area contributed by atoms with Crippen molar-refractivity contribution in [1.29, 1.82) is 0 Å². The van der Waals surface area contributed by atoms with Crippen molar-refractivity contribution in [1.82, 2.24) is 10.2 Å². The van der Waals surface area contributed by atoms with Crippen LogP contribution in [0.5, 0.6) is 0 Å². The number of ether oxygens (including phenoxy) is 1. The molecule has 2 fully saturated rings. The number of rotatable bonds is 6. The standard InChI is InChI=1S/C21H30N2O3/c1-16-14-18(10-13-26-16)9-11-22-21(25)19-8-5-12-23(19)20(24)15-17-6-3-2-4-7-17/h2-4,6-7,16,18-19H,5,8-15H2,1H3,(H,22,25). The van der Waals surface area contributed by atoms with Gasteiger partial charge >= 0.3 is 0 Å². The summed E-state index contributed by atoms with van der Waals surface area (Å²) in [7, 11) is 0. The molecular formula is C21H30N2O3. The van der Waals surface area contributed by atoms with E-state index >= 15 is 0 Å². The predicted octanol–water partition coefficient (Wildman–Crippen LogP) is 2.54. The Bertz CT molecular complexity index is 605. The van der Waals surface area contributed by atoms with E-state index in [9.17, 15) is 9.59 Å². The molecule has 2 heterocycles. The molecule has 3 rings (SSSR count). The van der Waals surface area contributed by atoms with Crippen molar-refractivity contribution < 1.29 is 14.3 Å². The molecule has 142 valence electrons. The quantitative estimate of drug-likeness (QED) is 0.850. The highest BCUT2D eigenvalue weighted by Crippen LogP contribution is 2.23. The number of nitrogens with one attached hydrogen (secondary N) is 1. The minimum Gasteiger partial charge on any atom is -0.378 e. The van der Waals surface area contributed by atoms with Crippen LogP contribution in [0.2, 0.25) is 0 Å². The van der Waals surface area contributed by atoms with Gasteiger partial charge in [-0.1, -0.05) is 30.3 Å². The lowest BCUT2D eigenvalue weighted by molar-refractivity contribution is -0.138. The molecule has 26 heavy (non-hydrogen) atoms. The summed E-state index contributed by atoms with van der Waals surface area (Å²) in [4.78, 5) is 27.0. The van der Waals surface area contributed by atoms with Gasteiger partial charge in [0.15, 0.2) is 0 Å². The van der Waals surface area contributed by atoms with Crippen LogP contribution in [0.4, 0.5) is 0 Å². The molecule has 2 aliphatic rings. The first-order chi connectivity index (χ1) is 12.6. The van der Waals surface area contributed by atoms with Gasteiger partial charge in [-0.3, -0.25) is 9.59 Å². The highest BCUT2D eigenvalue weighted by atomic mass is 16.5. The molecule has 0 radical (unpaired) electrons. The van der Waals surface area contributed by atoms with E-state index < -0.39 is 0 Å². The smallest absolute Gasteiger partial charge is 0.242 e. The summed E-state index contributed by atoms with van der Waals surface area (Å²) in [6.45, 7) is 4.30. The minimum atomic E-state index is -0.306. The fraction of sp³-hybridized carbons (Fsp3) is 0.619. The third-order valence-electron chi connectivity index (χ3n) is 5.52. The Labute approximate surface area is 156 Å². The van der Waals surface area contributed by atoms with E-state index in [2.05, 4.69) is 12.2 Å². The van der Waals surface area contributed by atoms with Crippen LogP contribution in [0.1, 0.15) is 44.6 Å². The van der Waals surface area contributed by atoms with Gasteiger partial charge in [0.2, 0.25) is 11.8 Å². The highest BCUT2D eigenvalue weighted by molar-refractivity contribution is 5.89. The second-order valence-electron chi connectivity index (χ2n) is 7.56. The number of carbonyl (C=O) groups is 2. The topological polar surface area (TPSA) is 58.6 Å². The third kappa shape index (κ3) is 5.07. The Morgan fingerprint density at radius 2 is 2.04 bits per heavy atom. The predicted molar refractivity (Wildman–Crippen MR) is 101 cm³/mol. The maximum absolute atomic E-state index is 12.6. The molecule has 0 aromatic heterocycles. The molecule has 1 aromatic carbocycles. The van der Waals surface area contributed by atoms with Gasteiger partial charge in [0.1, 0.15) is 6.04 Å². The third-order valence-corrected chi connectivity index (χ3v) is 5.52. The van der Waals surface area contributed by atoms with E-state index in [0.717, 1.165) is 44.3 Å². The molecule has 3 atom stereocenters. The molecule has 0 spiro atoms. The van der Waals surface area contributed by atoms with Crippen LogP contribution in [0.15, 0.2) is 30.3 Å². The molecule has 1 aromatic rings. The Kier molecular flexibility index (Phi) is 6.67. The van der Waals surface area contributed by atoms with Crippen LogP contribution < -0.4 is 5.32 Å². The number of hydrogen-bond acceptors (Lipinski definition) is 3. The highest BCUT2D eigenvalue weighted by Gasteiger charge is 2.33. The van der Waals surface area contributed by atoms with Crippen LogP contribution in [-0.4, -0.2) is 48.6 Å². The van der Waals surface area contributed by atoms with Gasteiger partial charge in [-0.25, -0.2) is 0 Å². The SMILES string of the molecule is CC1CC(CCNC(=O)C2CCCN2C(=O)Cc2ccccc2)CCO1. The summed E-state index contributed by atoms with van der Waals surface area (Å²) >= 11 is 0. The zero-order chi connectivity index (χ0) is 18.4. The lowest BCUT2D eigenvalue weighted by atomic mass is 9.93. The number of carbonyl (C=O) groups excluding carboxylic acids is 2. The van der Waals surface area contributed by atoms with Gasteiger partial charge in [0.25, 0.3) is 0 Å². The van der Waals surface area contributed by atoms with Crippen molar-refractivity contribution in [3.8, 4) is 0 Å². The van der Waals surface area contributed by atoms with Crippen LogP contribution >= 0.6 is 0 Å². The first-order valence-electron chi connectivity index (χ1n) is 9.86. The molecule has 5 nitrogen and oxygen atoms in total. The number of likely N-dealkylation sites (tertiary alicyclic amines) is 1. The van der Waals surface area contributed by atoms with Crippen LogP contribution in [-0.2, 0) is 20.7 Å². The first-order valence-corrected chi connectivity index (χ1v) is 9.86. The Hall–Kier alpha value is -1.88. The second kappa shape index (κ2) is 9.17. The van der Waals surface area contributed by atoms with E-state index in [1.807, 2.05) is 30.3 Å². The maximum atomic E-state index is 12.6. The van der Waals surface area contributed by atoms with E-state index in [1.165, 1.54) is 0 Å². The number of nitrogens with zero attached hydrogens (tertiary/aromatic N) is 1. The number of benzene rings is 1. The fourth-order valence-electron chi connectivity index (χ4n) is 4.08. The zero-order valence-corrected chi connectivity index (χ0v) is 15.7. The molecule has 2 amide bonds. The molecule has 1 N–H and O–H groups in total. The summed E-state index contributed by atoms with van der Waals surface area (Å²) in [5.41, 5.74) is 0.997. The summed E-state index contributed by atoms with van der Waals surface area (Å²) in [6.07, 6.45) is 5.49. The fourth-order valence-corrected chi connectivity index (χ4v) is 4.08. The van der Waals surface area contributed by atoms with Crippen molar-refractivity contribution in [2.24, 2.45) is 5.92 Å². The zero-order valence-electron chi connectivity index (χ0n) is 15.7. The molecule has 5 heteroatoms. The van der Waals surface area contributed by atoms with E-state index in [0.29, 0.717) is 31.5 Å². The van der Waals surface area contributed by atoms with Gasteiger partial charge in [0.05, 0.1) is 12.5 Å². The van der Waals surface area contributed by atoms with Gasteiger partial charge in [0, 0.05) is 19.7 Å². The average molecular weight is 358 g/mol. The van der Waals surface area contributed by atoms with E-state index in [1.54, 1.807) is 4.90 Å². The summed E-state index contributed by atoms with van der Waals surface area (Å²) < 4.78 is 5.57. The Morgan fingerprint density at radius 3 is 2.81 bits per heavy atom. The van der Waals surface area contributed by atoms with Gasteiger partial charge < -0.3 is 15.0 Å². The molecule has 0 saturated carbocycles. The largest absolute Gasteiger partial charge is 0.378 e. The Morgan fingerprint density at radius 1 is 1.23 bits per heavy atom. The van der Waals surface area contributed by atoms with Crippen LogP contribution in [0, 0.1) is 5.92 Å². The first kappa shape index (κ1) is 18.9. The molecule has 0 aliphatic carbocycles. The average Bonchev–Trinajstić information content (AvgIpc) is 3.12. The van der Waals surface area contributed by atoms with Crippen molar-refractivity contribution in [2.45, 2.75) is 57.6 Å². The number of hydrogen-bond donors (Lipinski definition) is 1. The normalized spacial score (nSPS) is 25.9. The van der Waals surface area contributed by atoms with Crippen molar-refractivity contribution in [3.05, 3.63) is 35.9 Å². The molecule has 2 aliphatic heterocycles.